The van der Waals surface area contributed by atoms with Crippen molar-refractivity contribution >= 4 is 9.84 Å². The zero-order valence-electron chi connectivity index (χ0n) is 9.68. The second kappa shape index (κ2) is 4.93. The number of hydrogen-bond acceptors (Lipinski definition) is 4. The first-order chi connectivity index (χ1) is 7.29. The van der Waals surface area contributed by atoms with Crippen molar-refractivity contribution in [1.82, 2.24) is 4.98 Å². The number of pyridine rings is 1. The fourth-order valence-corrected chi connectivity index (χ4v) is 3.29. The zero-order chi connectivity index (χ0) is 12.2. The van der Waals surface area contributed by atoms with Gasteiger partial charge in [0.1, 0.15) is 0 Å². The van der Waals surface area contributed by atoms with E-state index in [9.17, 15) is 8.42 Å². The minimum Gasteiger partial charge on any atom is -0.325 e. The van der Waals surface area contributed by atoms with Gasteiger partial charge >= 0.3 is 0 Å². The molecule has 0 spiro atoms. The Bertz CT molecular complexity index is 421. The lowest BCUT2D eigenvalue weighted by Gasteiger charge is -2.18. The minimum absolute atomic E-state index is 0.0189. The third kappa shape index (κ3) is 5.23. The summed E-state index contributed by atoms with van der Waals surface area (Å²) < 4.78 is 23.4. The number of rotatable bonds is 5. The second-order valence-electron chi connectivity index (χ2n) is 4.69. The molecule has 5 heteroatoms. The summed E-state index contributed by atoms with van der Waals surface area (Å²) in [7, 11) is -3.08. The predicted molar refractivity (Wildman–Crippen MR) is 64.9 cm³/mol. The number of nitrogens with zero attached hydrogens (tertiary/aromatic N) is 1. The van der Waals surface area contributed by atoms with Crippen LogP contribution in [0, 0.1) is 0 Å². The molecule has 0 aromatic carbocycles. The number of aromatic nitrogens is 1. The molecule has 0 bridgehead atoms. The molecule has 1 heterocycles. The van der Waals surface area contributed by atoms with E-state index in [2.05, 4.69) is 4.98 Å². The molecule has 1 rings (SSSR count). The normalized spacial score (nSPS) is 12.7. The number of hydrogen-bond donors (Lipinski definition) is 1. The minimum atomic E-state index is -3.08. The van der Waals surface area contributed by atoms with Crippen LogP contribution in [0.3, 0.4) is 0 Å². The van der Waals surface area contributed by atoms with Crippen molar-refractivity contribution < 1.29 is 8.42 Å². The van der Waals surface area contributed by atoms with Crippen molar-refractivity contribution in [3.05, 3.63) is 30.1 Å². The van der Waals surface area contributed by atoms with E-state index in [0.717, 1.165) is 5.56 Å². The maximum absolute atomic E-state index is 11.7. The van der Waals surface area contributed by atoms with Gasteiger partial charge in [0, 0.05) is 17.9 Å². The highest BCUT2D eigenvalue weighted by Crippen LogP contribution is 2.06. The monoisotopic (exact) mass is 242 g/mol. The van der Waals surface area contributed by atoms with Crippen LogP contribution in [0.15, 0.2) is 24.5 Å². The molecule has 0 fully saturated rings. The predicted octanol–water partition coefficient (Wildman–Crippen LogP) is 0.776. The summed E-state index contributed by atoms with van der Waals surface area (Å²) in [5.74, 6) is 0.155. The molecule has 0 aliphatic carbocycles. The highest BCUT2D eigenvalue weighted by molar-refractivity contribution is 7.91. The van der Waals surface area contributed by atoms with Crippen molar-refractivity contribution in [3.8, 4) is 0 Å². The fourth-order valence-electron chi connectivity index (χ4n) is 1.46. The van der Waals surface area contributed by atoms with Gasteiger partial charge in [0.25, 0.3) is 0 Å². The van der Waals surface area contributed by atoms with Crippen molar-refractivity contribution in [2.24, 2.45) is 5.73 Å². The average molecular weight is 242 g/mol. The molecule has 4 nitrogen and oxygen atoms in total. The molecule has 16 heavy (non-hydrogen) atoms. The molecular formula is C11H18N2O2S. The van der Waals surface area contributed by atoms with Gasteiger partial charge in [-0.05, 0) is 38.0 Å². The highest BCUT2D eigenvalue weighted by Gasteiger charge is 2.21. The third-order valence-corrected chi connectivity index (χ3v) is 4.05. The Labute approximate surface area is 96.8 Å². The molecular weight excluding hydrogens is 224 g/mol. The second-order valence-corrected chi connectivity index (χ2v) is 6.87. The topological polar surface area (TPSA) is 73.1 Å². The van der Waals surface area contributed by atoms with Gasteiger partial charge in [-0.2, -0.15) is 0 Å². The summed E-state index contributed by atoms with van der Waals surface area (Å²) in [5, 5.41) is 0. The van der Waals surface area contributed by atoms with Gasteiger partial charge in [-0.15, -0.1) is 0 Å². The van der Waals surface area contributed by atoms with Gasteiger partial charge in [-0.25, -0.2) is 8.42 Å². The Balaban J connectivity index is 2.56. The summed E-state index contributed by atoms with van der Waals surface area (Å²) in [6.07, 6.45) is 3.84. The van der Waals surface area contributed by atoms with Crippen LogP contribution in [0.25, 0.3) is 0 Å². The van der Waals surface area contributed by atoms with Crippen LogP contribution < -0.4 is 5.73 Å². The smallest absolute Gasteiger partial charge is 0.152 e. The molecule has 0 saturated carbocycles. The maximum Gasteiger partial charge on any atom is 0.152 e. The summed E-state index contributed by atoms with van der Waals surface area (Å²) in [4.78, 5) is 3.88. The first-order valence-corrected chi connectivity index (χ1v) is 6.99. The Kier molecular flexibility index (Phi) is 4.04. The summed E-state index contributed by atoms with van der Waals surface area (Å²) in [6.45, 7) is 3.44. The third-order valence-electron chi connectivity index (χ3n) is 2.04. The Morgan fingerprint density at radius 3 is 2.38 bits per heavy atom. The van der Waals surface area contributed by atoms with E-state index in [1.807, 2.05) is 12.1 Å². The lowest BCUT2D eigenvalue weighted by Crippen LogP contribution is -2.40. The van der Waals surface area contributed by atoms with E-state index in [0.29, 0.717) is 6.42 Å². The first-order valence-electron chi connectivity index (χ1n) is 5.17. The maximum atomic E-state index is 11.7. The van der Waals surface area contributed by atoms with E-state index in [1.54, 1.807) is 26.2 Å². The molecule has 0 radical (unpaired) electrons. The molecule has 0 atom stereocenters. The van der Waals surface area contributed by atoms with Gasteiger partial charge in [-0.1, -0.05) is 0 Å². The van der Waals surface area contributed by atoms with Crippen molar-refractivity contribution in [3.63, 3.8) is 0 Å². The molecule has 2 N–H and O–H groups in total. The lowest BCUT2D eigenvalue weighted by atomic mass is 10.1. The molecule has 90 valence electrons. The van der Waals surface area contributed by atoms with Crippen LogP contribution >= 0.6 is 0 Å². The first kappa shape index (κ1) is 13.1. The number of sulfone groups is 1. The summed E-state index contributed by atoms with van der Waals surface area (Å²) >= 11 is 0. The molecule has 0 unspecified atom stereocenters. The Morgan fingerprint density at radius 1 is 1.31 bits per heavy atom. The molecule has 0 aliphatic rings. The Hall–Kier alpha value is -0.940. The quantitative estimate of drug-likeness (QED) is 0.828. The van der Waals surface area contributed by atoms with Gasteiger partial charge in [0.15, 0.2) is 9.84 Å². The standard InChI is InChI=1S/C11H18N2O2S/c1-11(2,12)9-16(14,15)8-5-10-3-6-13-7-4-10/h3-4,6-7H,5,8-9,12H2,1-2H3. The van der Waals surface area contributed by atoms with Gasteiger partial charge in [0.2, 0.25) is 0 Å². The fraction of sp³-hybridized carbons (Fsp3) is 0.545. The Morgan fingerprint density at radius 2 is 1.88 bits per heavy atom. The van der Waals surface area contributed by atoms with E-state index in [1.165, 1.54) is 0 Å². The van der Waals surface area contributed by atoms with Crippen LogP contribution in [0.2, 0.25) is 0 Å². The van der Waals surface area contributed by atoms with Crippen molar-refractivity contribution in [1.29, 1.82) is 0 Å². The largest absolute Gasteiger partial charge is 0.325 e. The van der Waals surface area contributed by atoms with Crippen LogP contribution in [0.4, 0.5) is 0 Å². The molecule has 0 amide bonds. The van der Waals surface area contributed by atoms with E-state index >= 15 is 0 Å². The SMILES string of the molecule is CC(C)(N)CS(=O)(=O)CCc1ccncc1. The highest BCUT2D eigenvalue weighted by atomic mass is 32.2. The van der Waals surface area contributed by atoms with Crippen LogP contribution in [-0.2, 0) is 16.3 Å². The molecule has 1 aromatic rings. The van der Waals surface area contributed by atoms with Gasteiger partial charge < -0.3 is 5.73 Å². The number of aryl methyl sites for hydroxylation is 1. The van der Waals surface area contributed by atoms with E-state index in [4.69, 9.17) is 5.73 Å². The number of nitrogens with two attached hydrogens (primary N) is 1. The van der Waals surface area contributed by atoms with E-state index < -0.39 is 15.4 Å². The van der Waals surface area contributed by atoms with Crippen LogP contribution in [0.5, 0.6) is 0 Å². The zero-order valence-corrected chi connectivity index (χ0v) is 10.5. The van der Waals surface area contributed by atoms with Crippen molar-refractivity contribution in [2.75, 3.05) is 11.5 Å². The summed E-state index contributed by atoms with van der Waals surface area (Å²) in [5.41, 5.74) is 6.01. The average Bonchev–Trinajstić information content (AvgIpc) is 2.13. The van der Waals surface area contributed by atoms with E-state index in [-0.39, 0.29) is 11.5 Å². The summed E-state index contributed by atoms with van der Waals surface area (Å²) in [6, 6.07) is 3.65. The molecule has 1 aromatic heterocycles. The lowest BCUT2D eigenvalue weighted by molar-refractivity contribution is 0.544. The van der Waals surface area contributed by atoms with Gasteiger partial charge in [-0.3, -0.25) is 4.98 Å². The van der Waals surface area contributed by atoms with Crippen LogP contribution in [-0.4, -0.2) is 30.4 Å². The van der Waals surface area contributed by atoms with Crippen LogP contribution in [0.1, 0.15) is 19.4 Å². The molecule has 0 aliphatic heterocycles. The van der Waals surface area contributed by atoms with Crippen molar-refractivity contribution in [2.45, 2.75) is 25.8 Å². The van der Waals surface area contributed by atoms with Gasteiger partial charge in [0.05, 0.1) is 11.5 Å². The molecule has 0 saturated heterocycles.